The molecule has 17 heavy (non-hydrogen) atoms. The normalized spacial score (nSPS) is 10.2. The van der Waals surface area contributed by atoms with Crippen LogP contribution >= 0.6 is 0 Å². The fourth-order valence-electron chi connectivity index (χ4n) is 1.17. The first-order valence-corrected chi connectivity index (χ1v) is 4.64. The third kappa shape index (κ3) is 2.17. The van der Waals surface area contributed by atoms with Gasteiger partial charge in [-0.05, 0) is 12.1 Å². The largest absolute Gasteiger partial charge is 0.437 e. The number of ether oxygens (including phenoxy) is 1. The first-order chi connectivity index (χ1) is 8.08. The number of rotatable bonds is 2. The Balaban J connectivity index is 2.35. The molecule has 1 aromatic carbocycles. The highest BCUT2D eigenvalue weighted by molar-refractivity contribution is 5.50. The number of aromatic amines is 1. The van der Waals surface area contributed by atoms with E-state index in [0.717, 1.165) is 12.4 Å². The SMILES string of the molecule is Nc1cc(Oc2nc[nH]c(=O)c2N)ccc1F. The Hall–Kier alpha value is -2.57. The maximum Gasteiger partial charge on any atom is 0.277 e. The molecule has 0 unspecified atom stereocenters. The van der Waals surface area contributed by atoms with Crippen molar-refractivity contribution in [2.45, 2.75) is 0 Å². The van der Waals surface area contributed by atoms with E-state index in [1.807, 2.05) is 0 Å². The Bertz CT molecular complexity index is 611. The van der Waals surface area contributed by atoms with Crippen molar-refractivity contribution in [3.05, 3.63) is 40.7 Å². The molecule has 0 saturated heterocycles. The third-order valence-corrected chi connectivity index (χ3v) is 2.03. The van der Waals surface area contributed by atoms with E-state index >= 15 is 0 Å². The van der Waals surface area contributed by atoms with E-state index in [2.05, 4.69) is 9.97 Å². The summed E-state index contributed by atoms with van der Waals surface area (Å²) in [7, 11) is 0. The molecule has 0 spiro atoms. The third-order valence-electron chi connectivity index (χ3n) is 2.03. The molecule has 0 radical (unpaired) electrons. The fourth-order valence-corrected chi connectivity index (χ4v) is 1.17. The number of anilines is 2. The molecule has 88 valence electrons. The summed E-state index contributed by atoms with van der Waals surface area (Å²) in [6, 6.07) is 3.78. The number of halogens is 1. The predicted molar refractivity (Wildman–Crippen MR) is 60.2 cm³/mol. The minimum atomic E-state index is -0.552. The van der Waals surface area contributed by atoms with Crippen LogP contribution in [0, 0.1) is 5.82 Å². The van der Waals surface area contributed by atoms with Crippen molar-refractivity contribution in [3.8, 4) is 11.6 Å². The summed E-state index contributed by atoms with van der Waals surface area (Å²) in [6.45, 7) is 0. The standard InChI is InChI=1S/C10H9FN4O2/c11-6-2-1-5(3-7(6)12)17-10-8(13)9(16)14-4-15-10/h1-4H,12-13H2,(H,14,15,16). The van der Waals surface area contributed by atoms with Gasteiger partial charge < -0.3 is 21.2 Å². The number of H-pyrrole nitrogens is 1. The number of nitrogens with zero attached hydrogens (tertiary/aromatic N) is 1. The van der Waals surface area contributed by atoms with Crippen molar-refractivity contribution in [1.82, 2.24) is 9.97 Å². The van der Waals surface area contributed by atoms with Gasteiger partial charge in [-0.15, -0.1) is 0 Å². The Kier molecular flexibility index (Phi) is 2.65. The van der Waals surface area contributed by atoms with E-state index in [4.69, 9.17) is 16.2 Å². The van der Waals surface area contributed by atoms with Gasteiger partial charge in [0.25, 0.3) is 5.56 Å². The van der Waals surface area contributed by atoms with Crippen LogP contribution in [0.15, 0.2) is 29.3 Å². The van der Waals surface area contributed by atoms with Crippen LogP contribution in [-0.4, -0.2) is 9.97 Å². The molecule has 0 aliphatic carbocycles. The number of nitrogens with two attached hydrogens (primary N) is 2. The van der Waals surface area contributed by atoms with Crippen LogP contribution in [0.25, 0.3) is 0 Å². The van der Waals surface area contributed by atoms with Crippen molar-refractivity contribution in [2.75, 3.05) is 11.5 Å². The van der Waals surface area contributed by atoms with Crippen LogP contribution in [0.4, 0.5) is 15.8 Å². The molecule has 1 heterocycles. The number of aromatic nitrogens is 2. The average Bonchev–Trinajstić information content (AvgIpc) is 2.30. The highest BCUT2D eigenvalue weighted by Crippen LogP contribution is 2.24. The number of nitrogen functional groups attached to an aromatic ring is 2. The lowest BCUT2D eigenvalue weighted by Gasteiger charge is -2.06. The van der Waals surface area contributed by atoms with E-state index in [-0.39, 0.29) is 23.0 Å². The summed E-state index contributed by atoms with van der Waals surface area (Å²) in [5.41, 5.74) is 10.1. The van der Waals surface area contributed by atoms with Gasteiger partial charge in [0.2, 0.25) is 5.88 Å². The van der Waals surface area contributed by atoms with Gasteiger partial charge in [0.05, 0.1) is 12.0 Å². The lowest BCUT2D eigenvalue weighted by atomic mass is 10.3. The van der Waals surface area contributed by atoms with Gasteiger partial charge >= 0.3 is 0 Å². The van der Waals surface area contributed by atoms with Gasteiger partial charge in [0.1, 0.15) is 11.6 Å². The van der Waals surface area contributed by atoms with Crippen molar-refractivity contribution in [3.63, 3.8) is 0 Å². The summed E-state index contributed by atoms with van der Waals surface area (Å²) in [5, 5.41) is 0. The Morgan fingerprint density at radius 1 is 1.35 bits per heavy atom. The van der Waals surface area contributed by atoms with E-state index < -0.39 is 11.4 Å². The fraction of sp³-hybridized carbons (Fsp3) is 0. The van der Waals surface area contributed by atoms with Crippen LogP contribution in [0.3, 0.4) is 0 Å². The second-order valence-electron chi connectivity index (χ2n) is 3.24. The zero-order valence-corrected chi connectivity index (χ0v) is 8.61. The van der Waals surface area contributed by atoms with Crippen molar-refractivity contribution >= 4 is 11.4 Å². The summed E-state index contributed by atoms with van der Waals surface area (Å²) >= 11 is 0. The predicted octanol–water partition coefficient (Wildman–Crippen LogP) is 0.866. The first kappa shape index (κ1) is 10.9. The summed E-state index contributed by atoms with van der Waals surface area (Å²) in [4.78, 5) is 17.2. The zero-order valence-electron chi connectivity index (χ0n) is 8.61. The molecule has 1 aromatic heterocycles. The van der Waals surface area contributed by atoms with E-state index in [1.165, 1.54) is 12.1 Å². The monoisotopic (exact) mass is 236 g/mol. The lowest BCUT2D eigenvalue weighted by molar-refractivity contribution is 0.462. The molecule has 0 aliphatic rings. The van der Waals surface area contributed by atoms with Crippen LogP contribution in [0.2, 0.25) is 0 Å². The summed E-state index contributed by atoms with van der Waals surface area (Å²) < 4.78 is 18.1. The molecule has 5 N–H and O–H groups in total. The van der Waals surface area contributed by atoms with E-state index in [9.17, 15) is 9.18 Å². The highest BCUT2D eigenvalue weighted by Gasteiger charge is 2.08. The molecule has 0 saturated carbocycles. The average molecular weight is 236 g/mol. The maximum absolute atomic E-state index is 12.9. The summed E-state index contributed by atoms with van der Waals surface area (Å²) in [5.74, 6) is -0.363. The molecule has 6 nitrogen and oxygen atoms in total. The van der Waals surface area contributed by atoms with Crippen molar-refractivity contribution in [2.24, 2.45) is 0 Å². The minimum absolute atomic E-state index is 0.0558. The minimum Gasteiger partial charge on any atom is -0.437 e. The molecule has 0 amide bonds. The van der Waals surface area contributed by atoms with Gasteiger partial charge in [-0.3, -0.25) is 4.79 Å². The smallest absolute Gasteiger partial charge is 0.277 e. The van der Waals surface area contributed by atoms with Gasteiger partial charge in [-0.25, -0.2) is 9.37 Å². The second kappa shape index (κ2) is 4.12. The van der Waals surface area contributed by atoms with Crippen LogP contribution < -0.4 is 21.8 Å². The quantitative estimate of drug-likeness (QED) is 0.670. The van der Waals surface area contributed by atoms with Crippen LogP contribution in [0.5, 0.6) is 11.6 Å². The Morgan fingerprint density at radius 2 is 2.12 bits per heavy atom. The molecular weight excluding hydrogens is 227 g/mol. The number of hydrogen-bond donors (Lipinski definition) is 3. The molecular formula is C10H9FN4O2. The molecule has 7 heteroatoms. The van der Waals surface area contributed by atoms with Gasteiger partial charge in [-0.1, -0.05) is 0 Å². The maximum atomic E-state index is 12.9. The number of nitrogens with one attached hydrogen (secondary N) is 1. The van der Waals surface area contributed by atoms with Gasteiger partial charge in [0, 0.05) is 6.07 Å². The van der Waals surface area contributed by atoms with E-state index in [0.29, 0.717) is 0 Å². The molecule has 2 rings (SSSR count). The van der Waals surface area contributed by atoms with Crippen LogP contribution in [0.1, 0.15) is 0 Å². The molecule has 0 fully saturated rings. The Labute approximate surface area is 95.0 Å². The van der Waals surface area contributed by atoms with E-state index in [1.54, 1.807) is 0 Å². The van der Waals surface area contributed by atoms with Crippen molar-refractivity contribution < 1.29 is 9.13 Å². The summed E-state index contributed by atoms with van der Waals surface area (Å²) in [6.07, 6.45) is 1.15. The molecule has 2 aromatic rings. The topological polar surface area (TPSA) is 107 Å². The zero-order chi connectivity index (χ0) is 12.4. The van der Waals surface area contributed by atoms with Crippen molar-refractivity contribution in [1.29, 1.82) is 0 Å². The molecule has 0 atom stereocenters. The number of benzene rings is 1. The highest BCUT2D eigenvalue weighted by atomic mass is 19.1. The molecule has 0 bridgehead atoms. The number of hydrogen-bond acceptors (Lipinski definition) is 5. The second-order valence-corrected chi connectivity index (χ2v) is 3.24. The lowest BCUT2D eigenvalue weighted by Crippen LogP contribution is -2.13. The van der Waals surface area contributed by atoms with Gasteiger partial charge in [-0.2, -0.15) is 0 Å². The van der Waals surface area contributed by atoms with Gasteiger partial charge in [0.15, 0.2) is 5.69 Å². The van der Waals surface area contributed by atoms with Crippen LogP contribution in [-0.2, 0) is 0 Å². The first-order valence-electron chi connectivity index (χ1n) is 4.64. The molecule has 0 aliphatic heterocycles. The Morgan fingerprint density at radius 3 is 2.82 bits per heavy atom.